The van der Waals surface area contributed by atoms with Crippen molar-refractivity contribution >= 4 is 0 Å². The molecule has 0 bridgehead atoms. The first kappa shape index (κ1) is 10.5. The van der Waals surface area contributed by atoms with E-state index in [0.29, 0.717) is 17.3 Å². The Morgan fingerprint density at radius 2 is 2.06 bits per heavy atom. The molecule has 1 aromatic carbocycles. The number of nitrogens with zero attached hydrogens (tertiary/aromatic N) is 1. The number of aromatic nitrogens is 1. The Balaban J connectivity index is 2.66. The Morgan fingerprint density at radius 1 is 1.25 bits per heavy atom. The summed E-state index contributed by atoms with van der Waals surface area (Å²) in [5.74, 6) is 0.581. The van der Waals surface area contributed by atoms with E-state index in [9.17, 15) is 4.39 Å². The molecule has 2 rings (SSSR count). The summed E-state index contributed by atoms with van der Waals surface area (Å²) in [4.78, 5) is 3.74. The molecule has 0 aliphatic rings. The van der Waals surface area contributed by atoms with E-state index >= 15 is 0 Å². The molecule has 0 aliphatic heterocycles. The van der Waals surface area contributed by atoms with Crippen LogP contribution >= 0.6 is 0 Å². The SMILES string of the molecule is COc1ccc(F)c(-c2cnco2)c1OC. The van der Waals surface area contributed by atoms with Gasteiger partial charge in [-0.25, -0.2) is 9.37 Å². The molecule has 0 amide bonds. The van der Waals surface area contributed by atoms with Crippen LogP contribution in [0.3, 0.4) is 0 Å². The van der Waals surface area contributed by atoms with E-state index in [1.54, 1.807) is 0 Å². The molecule has 0 atom stereocenters. The maximum atomic E-state index is 13.7. The summed E-state index contributed by atoms with van der Waals surface area (Å²) in [7, 11) is 2.93. The lowest BCUT2D eigenvalue weighted by atomic mass is 10.1. The molecule has 2 aromatic rings. The van der Waals surface area contributed by atoms with E-state index in [1.807, 2.05) is 0 Å². The number of hydrogen-bond acceptors (Lipinski definition) is 4. The van der Waals surface area contributed by atoms with Gasteiger partial charge in [-0.1, -0.05) is 0 Å². The molecular formula is C11H10FNO3. The molecule has 0 fully saturated rings. The predicted octanol–water partition coefficient (Wildman–Crippen LogP) is 2.50. The third kappa shape index (κ3) is 1.60. The zero-order chi connectivity index (χ0) is 11.5. The van der Waals surface area contributed by atoms with Gasteiger partial charge in [-0.15, -0.1) is 0 Å². The topological polar surface area (TPSA) is 44.5 Å². The summed E-state index contributed by atoms with van der Waals surface area (Å²) in [5, 5.41) is 0. The Hall–Kier alpha value is -2.04. The van der Waals surface area contributed by atoms with Gasteiger partial charge in [0.2, 0.25) is 0 Å². The lowest BCUT2D eigenvalue weighted by Crippen LogP contribution is -1.95. The minimum Gasteiger partial charge on any atom is -0.493 e. The second-order valence-electron chi connectivity index (χ2n) is 3.02. The molecule has 0 radical (unpaired) electrons. The molecule has 16 heavy (non-hydrogen) atoms. The first-order valence-corrected chi connectivity index (χ1v) is 4.57. The first-order chi connectivity index (χ1) is 7.77. The van der Waals surface area contributed by atoms with Gasteiger partial charge in [0, 0.05) is 0 Å². The van der Waals surface area contributed by atoms with E-state index in [-0.39, 0.29) is 5.56 Å². The van der Waals surface area contributed by atoms with Crippen LogP contribution in [0.2, 0.25) is 0 Å². The van der Waals surface area contributed by atoms with Crippen molar-refractivity contribution in [3.8, 4) is 22.8 Å². The molecule has 0 spiro atoms. The van der Waals surface area contributed by atoms with Crippen molar-refractivity contribution < 1.29 is 18.3 Å². The molecule has 1 heterocycles. The van der Waals surface area contributed by atoms with Crippen molar-refractivity contribution in [1.29, 1.82) is 0 Å². The maximum Gasteiger partial charge on any atom is 0.181 e. The summed E-state index contributed by atoms with van der Waals surface area (Å²) in [5.41, 5.74) is 0.208. The van der Waals surface area contributed by atoms with Crippen LogP contribution in [-0.4, -0.2) is 19.2 Å². The zero-order valence-electron chi connectivity index (χ0n) is 8.86. The number of hydrogen-bond donors (Lipinski definition) is 0. The predicted molar refractivity (Wildman–Crippen MR) is 55.0 cm³/mol. The highest BCUT2D eigenvalue weighted by Crippen LogP contribution is 2.39. The molecule has 0 saturated heterocycles. The number of ether oxygens (including phenoxy) is 2. The Kier molecular flexibility index (Phi) is 2.76. The summed E-state index contributed by atoms with van der Waals surface area (Å²) < 4.78 is 28.9. The monoisotopic (exact) mass is 223 g/mol. The van der Waals surface area contributed by atoms with Crippen LogP contribution in [0.5, 0.6) is 11.5 Å². The van der Waals surface area contributed by atoms with Gasteiger partial charge in [-0.2, -0.15) is 0 Å². The minimum absolute atomic E-state index is 0.208. The Labute approximate surface area is 91.6 Å². The molecular weight excluding hydrogens is 213 g/mol. The fourth-order valence-corrected chi connectivity index (χ4v) is 1.47. The molecule has 0 saturated carbocycles. The van der Waals surface area contributed by atoms with Gasteiger partial charge in [0.25, 0.3) is 0 Å². The Morgan fingerprint density at radius 3 is 2.62 bits per heavy atom. The normalized spacial score (nSPS) is 10.2. The van der Waals surface area contributed by atoms with Gasteiger partial charge in [-0.05, 0) is 12.1 Å². The minimum atomic E-state index is -0.450. The van der Waals surface area contributed by atoms with E-state index in [0.717, 1.165) is 0 Å². The quantitative estimate of drug-likeness (QED) is 0.801. The second kappa shape index (κ2) is 4.22. The zero-order valence-corrected chi connectivity index (χ0v) is 8.86. The average molecular weight is 223 g/mol. The van der Waals surface area contributed by atoms with Gasteiger partial charge < -0.3 is 13.9 Å². The number of rotatable bonds is 3. The van der Waals surface area contributed by atoms with Crippen LogP contribution in [0.1, 0.15) is 0 Å². The first-order valence-electron chi connectivity index (χ1n) is 4.57. The highest BCUT2D eigenvalue weighted by Gasteiger charge is 2.19. The Bertz CT molecular complexity index is 482. The summed E-state index contributed by atoms with van der Waals surface area (Å²) in [6, 6.07) is 2.78. The van der Waals surface area contributed by atoms with Crippen molar-refractivity contribution in [3.05, 3.63) is 30.5 Å². The molecule has 0 N–H and O–H groups in total. The van der Waals surface area contributed by atoms with Crippen LogP contribution in [0.25, 0.3) is 11.3 Å². The molecule has 5 heteroatoms. The molecule has 4 nitrogen and oxygen atoms in total. The van der Waals surface area contributed by atoms with Gasteiger partial charge in [-0.3, -0.25) is 0 Å². The van der Waals surface area contributed by atoms with E-state index < -0.39 is 5.82 Å². The lowest BCUT2D eigenvalue weighted by molar-refractivity contribution is 0.353. The van der Waals surface area contributed by atoms with Gasteiger partial charge >= 0.3 is 0 Å². The smallest absolute Gasteiger partial charge is 0.181 e. The molecule has 0 aliphatic carbocycles. The summed E-state index contributed by atoms with van der Waals surface area (Å²) in [6.45, 7) is 0. The highest BCUT2D eigenvalue weighted by atomic mass is 19.1. The van der Waals surface area contributed by atoms with Crippen molar-refractivity contribution in [1.82, 2.24) is 4.98 Å². The van der Waals surface area contributed by atoms with Crippen LogP contribution < -0.4 is 9.47 Å². The third-order valence-electron chi connectivity index (χ3n) is 2.17. The fraction of sp³-hybridized carbons (Fsp3) is 0.182. The van der Waals surface area contributed by atoms with E-state index in [2.05, 4.69) is 4.98 Å². The van der Waals surface area contributed by atoms with Crippen LogP contribution in [-0.2, 0) is 0 Å². The third-order valence-corrected chi connectivity index (χ3v) is 2.17. The standard InChI is InChI=1S/C11H10FNO3/c1-14-8-4-3-7(12)10(11(8)15-2)9-5-13-6-16-9/h3-6H,1-2H3. The van der Waals surface area contributed by atoms with Crippen molar-refractivity contribution in [2.24, 2.45) is 0 Å². The number of oxazole rings is 1. The molecule has 1 aromatic heterocycles. The summed E-state index contributed by atoms with van der Waals surface area (Å²) >= 11 is 0. The largest absolute Gasteiger partial charge is 0.493 e. The number of benzene rings is 1. The molecule has 84 valence electrons. The van der Waals surface area contributed by atoms with Crippen LogP contribution in [0, 0.1) is 5.82 Å². The maximum absolute atomic E-state index is 13.7. The van der Waals surface area contributed by atoms with Gasteiger partial charge in [0.05, 0.1) is 20.4 Å². The van der Waals surface area contributed by atoms with Crippen molar-refractivity contribution in [3.63, 3.8) is 0 Å². The fourth-order valence-electron chi connectivity index (χ4n) is 1.47. The van der Waals surface area contributed by atoms with Gasteiger partial charge in [0.15, 0.2) is 23.7 Å². The van der Waals surface area contributed by atoms with Crippen LogP contribution in [0.4, 0.5) is 4.39 Å². The van der Waals surface area contributed by atoms with E-state index in [1.165, 1.54) is 38.9 Å². The highest BCUT2D eigenvalue weighted by molar-refractivity contribution is 5.70. The summed E-state index contributed by atoms with van der Waals surface area (Å²) in [6.07, 6.45) is 2.65. The average Bonchev–Trinajstić information content (AvgIpc) is 2.81. The van der Waals surface area contributed by atoms with Crippen molar-refractivity contribution in [2.75, 3.05) is 14.2 Å². The van der Waals surface area contributed by atoms with E-state index in [4.69, 9.17) is 13.9 Å². The van der Waals surface area contributed by atoms with Crippen molar-refractivity contribution in [2.45, 2.75) is 0 Å². The lowest BCUT2D eigenvalue weighted by Gasteiger charge is -2.11. The van der Waals surface area contributed by atoms with Gasteiger partial charge in [0.1, 0.15) is 11.4 Å². The van der Waals surface area contributed by atoms with Crippen LogP contribution in [0.15, 0.2) is 29.1 Å². The number of methoxy groups -OCH3 is 2. The second-order valence-corrected chi connectivity index (χ2v) is 3.02. The number of halogens is 1. The molecule has 0 unspecified atom stereocenters.